The van der Waals surface area contributed by atoms with Gasteiger partial charge in [0.05, 0.1) is 13.2 Å². The maximum absolute atomic E-state index is 13.9. The van der Waals surface area contributed by atoms with Gasteiger partial charge in [0, 0.05) is 16.8 Å². The lowest BCUT2D eigenvalue weighted by Gasteiger charge is -2.14. The van der Waals surface area contributed by atoms with Crippen LogP contribution in [0.4, 0.5) is 4.39 Å². The van der Waals surface area contributed by atoms with E-state index < -0.39 is 6.10 Å². The number of benzene rings is 1. The Morgan fingerprint density at radius 3 is 2.95 bits per heavy atom. The van der Waals surface area contributed by atoms with Gasteiger partial charge >= 0.3 is 0 Å². The number of aliphatic hydroxyl groups excluding tert-OH is 1. The molecule has 0 aliphatic heterocycles. The minimum Gasteiger partial charge on any atom is -0.386 e. The van der Waals surface area contributed by atoms with Crippen LogP contribution in [0.3, 0.4) is 0 Å². The van der Waals surface area contributed by atoms with E-state index in [0.29, 0.717) is 12.2 Å². The van der Waals surface area contributed by atoms with Crippen molar-refractivity contribution in [2.45, 2.75) is 6.10 Å². The summed E-state index contributed by atoms with van der Waals surface area (Å²) in [5, 5.41) is 12.9. The average molecular weight is 283 g/mol. The Bertz CT molecular complexity index is 541. The molecular weight excluding hydrogens is 265 g/mol. The van der Waals surface area contributed by atoms with Crippen LogP contribution in [0.25, 0.3) is 10.1 Å². The van der Waals surface area contributed by atoms with E-state index in [4.69, 9.17) is 4.74 Å². The van der Waals surface area contributed by atoms with Crippen LogP contribution in [0, 0.1) is 5.82 Å². The van der Waals surface area contributed by atoms with E-state index in [1.54, 1.807) is 6.07 Å². The summed E-state index contributed by atoms with van der Waals surface area (Å²) < 4.78 is 20.1. The molecule has 1 unspecified atom stereocenters. The van der Waals surface area contributed by atoms with E-state index in [0.717, 1.165) is 16.6 Å². The Kier molecular flexibility index (Phi) is 4.87. The molecule has 0 saturated heterocycles. The lowest BCUT2D eigenvalue weighted by molar-refractivity contribution is 0.0291. The van der Waals surface area contributed by atoms with E-state index in [2.05, 4.69) is 0 Å². The maximum Gasteiger partial charge on any atom is 0.130 e. The lowest BCUT2D eigenvalue weighted by Crippen LogP contribution is -2.20. The molecule has 1 aromatic carbocycles. The van der Waals surface area contributed by atoms with Crippen LogP contribution in [-0.4, -0.2) is 43.9 Å². The first-order valence-electron chi connectivity index (χ1n) is 6.15. The molecule has 104 valence electrons. The molecule has 0 amide bonds. The first-order valence-corrected chi connectivity index (χ1v) is 7.03. The first-order chi connectivity index (χ1) is 9.08. The Morgan fingerprint density at radius 1 is 1.42 bits per heavy atom. The van der Waals surface area contributed by atoms with Crippen LogP contribution >= 0.6 is 11.3 Å². The zero-order valence-corrected chi connectivity index (χ0v) is 11.9. The molecule has 0 saturated carbocycles. The van der Waals surface area contributed by atoms with E-state index in [1.165, 1.54) is 17.4 Å². The minimum atomic E-state index is -0.925. The smallest absolute Gasteiger partial charge is 0.130 e. The van der Waals surface area contributed by atoms with E-state index in [9.17, 15) is 9.50 Å². The highest BCUT2D eigenvalue weighted by molar-refractivity contribution is 7.17. The molecule has 2 aromatic rings. The van der Waals surface area contributed by atoms with Crippen molar-refractivity contribution in [1.29, 1.82) is 0 Å². The molecule has 3 nitrogen and oxygen atoms in total. The predicted octanol–water partition coefficient (Wildman–Crippen LogP) is 2.65. The largest absolute Gasteiger partial charge is 0.386 e. The summed E-state index contributed by atoms with van der Waals surface area (Å²) in [6.45, 7) is 1.41. The van der Waals surface area contributed by atoms with Crippen LogP contribution in [-0.2, 0) is 4.74 Å². The normalized spacial score (nSPS) is 13.3. The number of aliphatic hydroxyl groups is 1. The van der Waals surface area contributed by atoms with Crippen molar-refractivity contribution in [3.05, 3.63) is 35.0 Å². The van der Waals surface area contributed by atoms with Gasteiger partial charge in [-0.05, 0) is 43.1 Å². The second kappa shape index (κ2) is 6.43. The highest BCUT2D eigenvalue weighted by Gasteiger charge is 2.14. The molecule has 2 rings (SSSR count). The van der Waals surface area contributed by atoms with Gasteiger partial charge in [-0.3, -0.25) is 0 Å². The van der Waals surface area contributed by atoms with Crippen molar-refractivity contribution in [1.82, 2.24) is 4.90 Å². The molecule has 0 fully saturated rings. The molecule has 5 heteroatoms. The molecule has 0 radical (unpaired) electrons. The van der Waals surface area contributed by atoms with Gasteiger partial charge in [-0.25, -0.2) is 4.39 Å². The topological polar surface area (TPSA) is 32.7 Å². The van der Waals surface area contributed by atoms with Gasteiger partial charge in [0.25, 0.3) is 0 Å². The highest BCUT2D eigenvalue weighted by Crippen LogP contribution is 2.27. The summed E-state index contributed by atoms with van der Waals surface area (Å²) in [7, 11) is 3.90. The maximum atomic E-state index is 13.9. The van der Waals surface area contributed by atoms with Crippen LogP contribution in [0.5, 0.6) is 0 Å². The van der Waals surface area contributed by atoms with Crippen LogP contribution < -0.4 is 0 Å². The van der Waals surface area contributed by atoms with Crippen molar-refractivity contribution in [3.8, 4) is 0 Å². The fraction of sp³-hybridized carbons (Fsp3) is 0.429. The van der Waals surface area contributed by atoms with Gasteiger partial charge in [0.1, 0.15) is 11.9 Å². The summed E-state index contributed by atoms with van der Waals surface area (Å²) in [6, 6.07) is 5.09. The molecular formula is C14H18FNO2S. The zero-order chi connectivity index (χ0) is 13.8. The van der Waals surface area contributed by atoms with Crippen molar-refractivity contribution in [2.75, 3.05) is 33.9 Å². The third-order valence-electron chi connectivity index (χ3n) is 2.89. The van der Waals surface area contributed by atoms with Gasteiger partial charge < -0.3 is 14.7 Å². The third kappa shape index (κ3) is 3.73. The minimum absolute atomic E-state index is 0.112. The number of hydrogen-bond acceptors (Lipinski definition) is 4. The summed E-state index contributed by atoms with van der Waals surface area (Å²) in [4.78, 5) is 1.99. The Balaban J connectivity index is 2.00. The molecule has 1 atom stereocenters. The van der Waals surface area contributed by atoms with Gasteiger partial charge in [-0.1, -0.05) is 0 Å². The third-order valence-corrected chi connectivity index (χ3v) is 3.77. The van der Waals surface area contributed by atoms with E-state index in [1.807, 2.05) is 30.4 Å². The summed E-state index contributed by atoms with van der Waals surface area (Å²) in [5.41, 5.74) is 0.302. The summed E-state index contributed by atoms with van der Waals surface area (Å²) in [6.07, 6.45) is -0.925. The fourth-order valence-electron chi connectivity index (χ4n) is 1.79. The van der Waals surface area contributed by atoms with Gasteiger partial charge in [-0.15, -0.1) is 11.3 Å². The Hall–Kier alpha value is -1.01. The molecule has 0 aliphatic carbocycles. The zero-order valence-electron chi connectivity index (χ0n) is 11.1. The monoisotopic (exact) mass is 283 g/mol. The molecule has 0 bridgehead atoms. The molecule has 1 N–H and O–H groups in total. The number of halogens is 1. The molecule has 1 aromatic heterocycles. The van der Waals surface area contributed by atoms with Crippen molar-refractivity contribution >= 4 is 21.4 Å². The van der Waals surface area contributed by atoms with Gasteiger partial charge in [0.2, 0.25) is 0 Å². The highest BCUT2D eigenvalue weighted by atomic mass is 32.1. The summed E-state index contributed by atoms with van der Waals surface area (Å²) >= 11 is 1.49. The number of rotatable bonds is 6. The quantitative estimate of drug-likeness (QED) is 0.827. The number of nitrogens with zero attached hydrogens (tertiary/aromatic N) is 1. The number of thiophene rings is 1. The Morgan fingerprint density at radius 2 is 2.21 bits per heavy atom. The second-order valence-corrected chi connectivity index (χ2v) is 5.67. The lowest BCUT2D eigenvalue weighted by atomic mass is 10.1. The van der Waals surface area contributed by atoms with Crippen LogP contribution in [0.1, 0.15) is 11.7 Å². The fourth-order valence-corrected chi connectivity index (χ4v) is 2.59. The SMILES string of the molecule is CN(C)CCOCC(O)c1cc2ccsc2cc1F. The predicted molar refractivity (Wildman–Crippen MR) is 76.1 cm³/mol. The molecule has 1 heterocycles. The number of fused-ring (bicyclic) bond motifs is 1. The molecule has 0 spiro atoms. The first kappa shape index (κ1) is 14.4. The van der Waals surface area contributed by atoms with Crippen molar-refractivity contribution < 1.29 is 14.2 Å². The number of hydrogen-bond donors (Lipinski definition) is 1. The van der Waals surface area contributed by atoms with Gasteiger partial charge in [-0.2, -0.15) is 0 Å². The van der Waals surface area contributed by atoms with Crippen LogP contribution in [0.15, 0.2) is 23.6 Å². The summed E-state index contributed by atoms with van der Waals surface area (Å²) in [5.74, 6) is -0.376. The number of ether oxygens (including phenoxy) is 1. The van der Waals surface area contributed by atoms with Crippen molar-refractivity contribution in [3.63, 3.8) is 0 Å². The molecule has 19 heavy (non-hydrogen) atoms. The standard InChI is InChI=1S/C14H18FNO2S/c1-16(2)4-5-18-9-13(17)11-7-10-3-6-19-14(10)8-12(11)15/h3,6-8,13,17H,4-5,9H2,1-2H3. The van der Waals surface area contributed by atoms with E-state index in [-0.39, 0.29) is 12.4 Å². The second-order valence-electron chi connectivity index (χ2n) is 4.73. The van der Waals surface area contributed by atoms with Crippen molar-refractivity contribution in [2.24, 2.45) is 0 Å². The van der Waals surface area contributed by atoms with Gasteiger partial charge in [0.15, 0.2) is 0 Å². The number of likely N-dealkylation sites (N-methyl/N-ethyl adjacent to an activating group) is 1. The molecule has 0 aliphatic rings. The van der Waals surface area contributed by atoms with Crippen LogP contribution in [0.2, 0.25) is 0 Å². The van der Waals surface area contributed by atoms with E-state index >= 15 is 0 Å². The Labute approximate surface area is 116 Å². The average Bonchev–Trinajstić information content (AvgIpc) is 2.80.